The molecule has 0 fully saturated rings. The quantitative estimate of drug-likeness (QED) is 0.872. The molecule has 1 aromatic heterocycles. The van der Waals surface area contributed by atoms with Gasteiger partial charge < -0.3 is 9.52 Å². The second-order valence-corrected chi connectivity index (χ2v) is 4.08. The number of hydrogen-bond acceptors (Lipinski definition) is 4. The molecule has 0 saturated carbocycles. The number of carbonyl (C=O) groups is 1. The summed E-state index contributed by atoms with van der Waals surface area (Å²) in [6.07, 6.45) is 1.40. The van der Waals surface area contributed by atoms with Crippen LogP contribution in [0.4, 0.5) is 0 Å². The molecule has 1 N–H and O–H groups in total. The van der Waals surface area contributed by atoms with E-state index in [9.17, 15) is 4.79 Å². The Morgan fingerprint density at radius 1 is 1.59 bits per heavy atom. The van der Waals surface area contributed by atoms with Crippen LogP contribution >= 0.6 is 0 Å². The molecule has 5 heteroatoms. The monoisotopic (exact) mass is 234 g/mol. The van der Waals surface area contributed by atoms with Crippen molar-refractivity contribution in [1.29, 1.82) is 0 Å². The lowest BCUT2D eigenvalue weighted by molar-refractivity contribution is -0.142. The maximum atomic E-state index is 10.8. The van der Waals surface area contributed by atoms with Crippen molar-refractivity contribution >= 4 is 17.1 Å². The number of hydrogen-bond donors (Lipinski definition) is 1. The Morgan fingerprint density at radius 3 is 3.06 bits per heavy atom. The van der Waals surface area contributed by atoms with Crippen molar-refractivity contribution in [3.8, 4) is 0 Å². The molecule has 5 nitrogen and oxygen atoms in total. The largest absolute Gasteiger partial charge is 0.480 e. The van der Waals surface area contributed by atoms with Crippen LogP contribution < -0.4 is 0 Å². The molecule has 0 aliphatic heterocycles. The number of rotatable bonds is 4. The fraction of sp³-hybridized carbons (Fsp3) is 0.333. The highest BCUT2D eigenvalue weighted by Gasteiger charge is 2.16. The SMILES string of the molecule is CC(C(=O)O)N(C)Cc1ccc2ncoc2c1. The summed E-state index contributed by atoms with van der Waals surface area (Å²) in [6.45, 7) is 2.22. The minimum Gasteiger partial charge on any atom is -0.480 e. The van der Waals surface area contributed by atoms with E-state index in [1.54, 1.807) is 18.9 Å². The molecule has 0 bridgehead atoms. The summed E-state index contributed by atoms with van der Waals surface area (Å²) in [7, 11) is 1.78. The van der Waals surface area contributed by atoms with E-state index >= 15 is 0 Å². The maximum Gasteiger partial charge on any atom is 0.320 e. The molecule has 0 spiro atoms. The highest BCUT2D eigenvalue weighted by Crippen LogP contribution is 2.15. The smallest absolute Gasteiger partial charge is 0.320 e. The summed E-state index contributed by atoms with van der Waals surface area (Å²) in [5.41, 5.74) is 2.53. The van der Waals surface area contributed by atoms with Gasteiger partial charge in [-0.2, -0.15) is 0 Å². The van der Waals surface area contributed by atoms with Crippen LogP contribution in [0.5, 0.6) is 0 Å². The minimum atomic E-state index is -0.826. The highest BCUT2D eigenvalue weighted by atomic mass is 16.4. The Bertz CT molecular complexity index is 535. The van der Waals surface area contributed by atoms with Crippen molar-refractivity contribution in [2.75, 3.05) is 7.05 Å². The Morgan fingerprint density at radius 2 is 2.35 bits per heavy atom. The molecule has 2 rings (SSSR count). The fourth-order valence-corrected chi connectivity index (χ4v) is 1.61. The van der Waals surface area contributed by atoms with Crippen LogP contribution in [0, 0.1) is 0 Å². The number of oxazole rings is 1. The zero-order chi connectivity index (χ0) is 12.4. The first-order chi connectivity index (χ1) is 8.08. The molecule has 1 heterocycles. The molecule has 0 radical (unpaired) electrons. The third-order valence-corrected chi connectivity index (χ3v) is 2.85. The molecule has 1 unspecified atom stereocenters. The van der Waals surface area contributed by atoms with Crippen molar-refractivity contribution in [3.05, 3.63) is 30.2 Å². The first kappa shape index (κ1) is 11.6. The van der Waals surface area contributed by atoms with E-state index in [0.717, 1.165) is 16.7 Å². The van der Waals surface area contributed by atoms with Crippen LogP contribution in [-0.4, -0.2) is 34.0 Å². The van der Waals surface area contributed by atoms with E-state index in [1.165, 1.54) is 6.39 Å². The van der Waals surface area contributed by atoms with Gasteiger partial charge in [0, 0.05) is 6.54 Å². The van der Waals surface area contributed by atoms with Gasteiger partial charge in [-0.05, 0) is 31.7 Å². The Labute approximate surface area is 98.7 Å². The first-order valence-corrected chi connectivity index (χ1v) is 5.33. The predicted molar refractivity (Wildman–Crippen MR) is 62.6 cm³/mol. The summed E-state index contributed by atoms with van der Waals surface area (Å²) >= 11 is 0. The van der Waals surface area contributed by atoms with Gasteiger partial charge in [-0.25, -0.2) is 4.98 Å². The van der Waals surface area contributed by atoms with Gasteiger partial charge in [0.1, 0.15) is 11.6 Å². The third-order valence-electron chi connectivity index (χ3n) is 2.85. The van der Waals surface area contributed by atoms with Crippen LogP contribution in [0.1, 0.15) is 12.5 Å². The summed E-state index contributed by atoms with van der Waals surface area (Å²) in [5.74, 6) is -0.826. The van der Waals surface area contributed by atoms with E-state index in [4.69, 9.17) is 9.52 Å². The van der Waals surface area contributed by atoms with Crippen molar-refractivity contribution in [2.45, 2.75) is 19.5 Å². The number of carboxylic acids is 1. The topological polar surface area (TPSA) is 66.6 Å². The molecule has 17 heavy (non-hydrogen) atoms. The molecule has 0 aliphatic carbocycles. The lowest BCUT2D eigenvalue weighted by atomic mass is 10.2. The molecular weight excluding hydrogens is 220 g/mol. The lowest BCUT2D eigenvalue weighted by Gasteiger charge is -2.20. The van der Waals surface area contributed by atoms with E-state index in [0.29, 0.717) is 6.54 Å². The van der Waals surface area contributed by atoms with Crippen molar-refractivity contribution in [1.82, 2.24) is 9.88 Å². The Kier molecular flexibility index (Phi) is 3.10. The van der Waals surface area contributed by atoms with Gasteiger partial charge in [-0.15, -0.1) is 0 Å². The van der Waals surface area contributed by atoms with E-state index < -0.39 is 12.0 Å². The number of benzene rings is 1. The van der Waals surface area contributed by atoms with Gasteiger partial charge >= 0.3 is 5.97 Å². The number of carboxylic acid groups (broad SMARTS) is 1. The van der Waals surface area contributed by atoms with Gasteiger partial charge in [0.25, 0.3) is 0 Å². The number of aromatic nitrogens is 1. The van der Waals surface area contributed by atoms with Gasteiger partial charge in [-0.3, -0.25) is 9.69 Å². The molecule has 90 valence electrons. The van der Waals surface area contributed by atoms with E-state index in [1.807, 2.05) is 18.2 Å². The number of nitrogens with zero attached hydrogens (tertiary/aromatic N) is 2. The first-order valence-electron chi connectivity index (χ1n) is 5.33. The number of fused-ring (bicyclic) bond motifs is 1. The predicted octanol–water partition coefficient (Wildman–Crippen LogP) is 1.73. The summed E-state index contributed by atoms with van der Waals surface area (Å²) in [6, 6.07) is 5.16. The van der Waals surface area contributed by atoms with Gasteiger partial charge in [-0.1, -0.05) is 6.07 Å². The lowest BCUT2D eigenvalue weighted by Crippen LogP contribution is -2.35. The standard InChI is InChI=1S/C12H14N2O3/c1-8(12(15)16)14(2)6-9-3-4-10-11(5-9)17-7-13-10/h3-5,7-8H,6H2,1-2H3,(H,15,16). The maximum absolute atomic E-state index is 10.8. The van der Waals surface area contributed by atoms with Gasteiger partial charge in [0.05, 0.1) is 0 Å². The van der Waals surface area contributed by atoms with Crippen LogP contribution in [0.3, 0.4) is 0 Å². The average molecular weight is 234 g/mol. The fourth-order valence-electron chi connectivity index (χ4n) is 1.61. The highest BCUT2D eigenvalue weighted by molar-refractivity contribution is 5.73. The zero-order valence-corrected chi connectivity index (χ0v) is 9.75. The van der Waals surface area contributed by atoms with Crippen molar-refractivity contribution in [3.63, 3.8) is 0 Å². The summed E-state index contributed by atoms with van der Waals surface area (Å²) < 4.78 is 5.20. The van der Waals surface area contributed by atoms with E-state index in [2.05, 4.69) is 4.98 Å². The number of likely N-dealkylation sites (N-methyl/N-ethyl adjacent to an activating group) is 1. The van der Waals surface area contributed by atoms with Crippen LogP contribution in [0.15, 0.2) is 29.0 Å². The van der Waals surface area contributed by atoms with Crippen molar-refractivity contribution in [2.24, 2.45) is 0 Å². The summed E-state index contributed by atoms with van der Waals surface area (Å²) in [5, 5.41) is 8.90. The van der Waals surface area contributed by atoms with Gasteiger partial charge in [0.15, 0.2) is 12.0 Å². The Hall–Kier alpha value is -1.88. The zero-order valence-electron chi connectivity index (χ0n) is 9.75. The molecule has 0 saturated heterocycles. The van der Waals surface area contributed by atoms with Crippen LogP contribution in [-0.2, 0) is 11.3 Å². The number of aliphatic carboxylic acids is 1. The minimum absolute atomic E-state index is 0.513. The van der Waals surface area contributed by atoms with Crippen LogP contribution in [0.25, 0.3) is 11.1 Å². The average Bonchev–Trinajstić information content (AvgIpc) is 2.74. The molecule has 2 aromatic rings. The molecule has 1 atom stereocenters. The van der Waals surface area contributed by atoms with Crippen molar-refractivity contribution < 1.29 is 14.3 Å². The van der Waals surface area contributed by atoms with Crippen LogP contribution in [0.2, 0.25) is 0 Å². The molecule has 0 amide bonds. The third kappa shape index (κ3) is 2.45. The normalized spacial score (nSPS) is 13.1. The molecule has 0 aliphatic rings. The second-order valence-electron chi connectivity index (χ2n) is 4.08. The molecular formula is C12H14N2O3. The van der Waals surface area contributed by atoms with Gasteiger partial charge in [0.2, 0.25) is 0 Å². The molecule has 1 aromatic carbocycles. The van der Waals surface area contributed by atoms with E-state index in [-0.39, 0.29) is 0 Å². The Balaban J connectivity index is 2.15. The summed E-state index contributed by atoms with van der Waals surface area (Å²) in [4.78, 5) is 16.6. The second kappa shape index (κ2) is 4.55.